The quantitative estimate of drug-likeness (QED) is 0.340. The Morgan fingerprint density at radius 3 is 2.43 bits per heavy atom. The van der Waals surface area contributed by atoms with E-state index < -0.39 is 17.4 Å². The van der Waals surface area contributed by atoms with Crippen LogP contribution in [0.4, 0.5) is 5.13 Å². The first-order chi connectivity index (χ1) is 18.0. The van der Waals surface area contributed by atoms with Crippen LogP contribution in [0.15, 0.2) is 71.5 Å². The normalized spacial score (nSPS) is 10.9. The Morgan fingerprint density at radius 2 is 1.68 bits per heavy atom. The first-order valence-electron chi connectivity index (χ1n) is 11.2. The van der Waals surface area contributed by atoms with Gasteiger partial charge in [-0.1, -0.05) is 41.7 Å². The van der Waals surface area contributed by atoms with Gasteiger partial charge in [0, 0.05) is 11.5 Å². The standard InChI is InChI=1S/C26H21N5O5S/c1-35-19-12-11-15(13-20(19)36-2)31-25(34)17-8-4-3-7-16(17)23(30-31)24(33)27-14-22(32)29-26-28-18-9-5-6-10-21(18)37-26/h3-13H,14H2,1-2H3,(H,27,33)(H,28,29,32). The average molecular weight is 516 g/mol. The van der Waals surface area contributed by atoms with Crippen LogP contribution >= 0.6 is 11.3 Å². The number of amides is 2. The molecule has 0 atom stereocenters. The number of carbonyl (C=O) groups is 2. The zero-order chi connectivity index (χ0) is 25.9. The summed E-state index contributed by atoms with van der Waals surface area (Å²) in [6.07, 6.45) is 0. The first kappa shape index (κ1) is 23.9. The number of anilines is 1. The largest absolute Gasteiger partial charge is 0.493 e. The number of rotatable bonds is 7. The minimum Gasteiger partial charge on any atom is -0.493 e. The van der Waals surface area contributed by atoms with Crippen molar-refractivity contribution in [1.82, 2.24) is 20.1 Å². The molecular formula is C26H21N5O5S. The highest BCUT2D eigenvalue weighted by Crippen LogP contribution is 2.29. The molecule has 3 aromatic carbocycles. The average Bonchev–Trinajstić information content (AvgIpc) is 3.34. The van der Waals surface area contributed by atoms with Gasteiger partial charge in [0.1, 0.15) is 0 Å². The number of hydrogen-bond donors (Lipinski definition) is 2. The first-order valence-corrected chi connectivity index (χ1v) is 12.0. The minimum absolute atomic E-state index is 0.00206. The lowest BCUT2D eigenvalue weighted by Crippen LogP contribution is -2.35. The third-order valence-corrected chi connectivity index (χ3v) is 6.53. The molecule has 2 aromatic heterocycles. The molecule has 2 N–H and O–H groups in total. The van der Waals surface area contributed by atoms with Gasteiger partial charge in [-0.3, -0.25) is 14.4 Å². The molecule has 0 aliphatic rings. The highest BCUT2D eigenvalue weighted by Gasteiger charge is 2.19. The maximum Gasteiger partial charge on any atom is 0.279 e. The van der Waals surface area contributed by atoms with Gasteiger partial charge in [0.25, 0.3) is 11.5 Å². The monoisotopic (exact) mass is 515 g/mol. The number of ether oxygens (including phenoxy) is 2. The molecule has 0 saturated heterocycles. The van der Waals surface area contributed by atoms with E-state index >= 15 is 0 Å². The van der Waals surface area contributed by atoms with E-state index in [1.165, 1.54) is 25.6 Å². The van der Waals surface area contributed by atoms with Gasteiger partial charge < -0.3 is 20.1 Å². The number of benzene rings is 3. The molecule has 11 heteroatoms. The van der Waals surface area contributed by atoms with Gasteiger partial charge in [0.05, 0.1) is 42.1 Å². The van der Waals surface area contributed by atoms with Crippen molar-refractivity contribution < 1.29 is 19.1 Å². The number of nitrogens with zero attached hydrogens (tertiary/aromatic N) is 3. The van der Waals surface area contributed by atoms with Gasteiger partial charge in [0.2, 0.25) is 5.91 Å². The van der Waals surface area contributed by atoms with Gasteiger partial charge in [-0.2, -0.15) is 9.78 Å². The molecule has 2 amide bonds. The van der Waals surface area contributed by atoms with E-state index in [4.69, 9.17) is 9.47 Å². The van der Waals surface area contributed by atoms with E-state index in [-0.39, 0.29) is 12.2 Å². The highest BCUT2D eigenvalue weighted by molar-refractivity contribution is 7.22. The van der Waals surface area contributed by atoms with Crippen LogP contribution in [0.3, 0.4) is 0 Å². The number of nitrogens with one attached hydrogen (secondary N) is 2. The van der Waals surface area contributed by atoms with E-state index in [0.29, 0.717) is 33.1 Å². The fourth-order valence-corrected chi connectivity index (χ4v) is 4.70. The fourth-order valence-electron chi connectivity index (χ4n) is 3.82. The molecule has 5 rings (SSSR count). The number of hydrogen-bond acceptors (Lipinski definition) is 8. The summed E-state index contributed by atoms with van der Waals surface area (Å²) in [6, 6.07) is 19.1. The molecule has 37 heavy (non-hydrogen) atoms. The molecule has 0 radical (unpaired) electrons. The van der Waals surface area contributed by atoms with Crippen molar-refractivity contribution >= 4 is 49.3 Å². The van der Waals surface area contributed by atoms with E-state index in [1.54, 1.807) is 42.5 Å². The van der Waals surface area contributed by atoms with Crippen molar-refractivity contribution in [3.8, 4) is 17.2 Å². The molecule has 0 bridgehead atoms. The van der Waals surface area contributed by atoms with E-state index in [1.807, 2.05) is 24.3 Å². The third kappa shape index (κ3) is 4.71. The summed E-state index contributed by atoms with van der Waals surface area (Å²) < 4.78 is 12.7. The zero-order valence-corrected chi connectivity index (χ0v) is 20.7. The van der Waals surface area contributed by atoms with E-state index in [9.17, 15) is 14.4 Å². The maximum atomic E-state index is 13.2. The third-order valence-electron chi connectivity index (χ3n) is 5.58. The van der Waals surface area contributed by atoms with Crippen LogP contribution in [0.25, 0.3) is 26.7 Å². The molecule has 2 heterocycles. The Morgan fingerprint density at radius 1 is 0.946 bits per heavy atom. The molecule has 0 spiro atoms. The summed E-state index contributed by atoms with van der Waals surface area (Å²) >= 11 is 1.34. The summed E-state index contributed by atoms with van der Waals surface area (Å²) in [5, 5.41) is 10.7. The molecule has 0 saturated carbocycles. The second kappa shape index (κ2) is 10.1. The number of thiazole rings is 1. The molecule has 5 aromatic rings. The number of carbonyl (C=O) groups excluding carboxylic acids is 2. The Bertz CT molecular complexity index is 1680. The van der Waals surface area contributed by atoms with Crippen LogP contribution in [0.5, 0.6) is 11.5 Å². The van der Waals surface area contributed by atoms with E-state index in [0.717, 1.165) is 14.9 Å². The van der Waals surface area contributed by atoms with Crippen molar-refractivity contribution in [1.29, 1.82) is 0 Å². The molecular weight excluding hydrogens is 494 g/mol. The second-order valence-electron chi connectivity index (χ2n) is 7.87. The van der Waals surface area contributed by atoms with Crippen LogP contribution in [0.1, 0.15) is 10.5 Å². The highest BCUT2D eigenvalue weighted by atomic mass is 32.1. The number of fused-ring (bicyclic) bond motifs is 2. The Hall–Kier alpha value is -4.77. The van der Waals surface area contributed by atoms with Gasteiger partial charge in [-0.15, -0.1) is 0 Å². The molecule has 186 valence electrons. The van der Waals surface area contributed by atoms with Crippen LogP contribution in [0, 0.1) is 0 Å². The fraction of sp³-hybridized carbons (Fsp3) is 0.115. The van der Waals surface area contributed by atoms with Crippen molar-refractivity contribution in [2.75, 3.05) is 26.1 Å². The van der Waals surface area contributed by atoms with Crippen LogP contribution in [0.2, 0.25) is 0 Å². The van der Waals surface area contributed by atoms with Gasteiger partial charge in [-0.25, -0.2) is 4.98 Å². The molecule has 10 nitrogen and oxygen atoms in total. The van der Waals surface area contributed by atoms with Gasteiger partial charge in [-0.05, 0) is 30.3 Å². The summed E-state index contributed by atoms with van der Waals surface area (Å²) in [4.78, 5) is 43.2. The smallest absolute Gasteiger partial charge is 0.279 e. The Kier molecular flexibility index (Phi) is 6.52. The summed E-state index contributed by atoms with van der Waals surface area (Å²) in [5.74, 6) is -0.161. The Balaban J connectivity index is 1.42. The zero-order valence-electron chi connectivity index (χ0n) is 19.8. The lowest BCUT2D eigenvalue weighted by molar-refractivity contribution is -0.115. The SMILES string of the molecule is COc1ccc(-n2nc(C(=O)NCC(=O)Nc3nc4ccccc4s3)c3ccccc3c2=O)cc1OC. The molecule has 0 aliphatic carbocycles. The summed E-state index contributed by atoms with van der Waals surface area (Å²) in [5.41, 5.74) is 0.752. The summed E-state index contributed by atoms with van der Waals surface area (Å²) in [6.45, 7) is -0.305. The minimum atomic E-state index is -0.607. The Labute approximate surface area is 214 Å². The topological polar surface area (TPSA) is 124 Å². The summed E-state index contributed by atoms with van der Waals surface area (Å²) in [7, 11) is 2.99. The number of aromatic nitrogens is 3. The van der Waals surface area contributed by atoms with Crippen LogP contribution < -0.4 is 25.7 Å². The van der Waals surface area contributed by atoms with Gasteiger partial charge >= 0.3 is 0 Å². The second-order valence-corrected chi connectivity index (χ2v) is 8.90. The lowest BCUT2D eigenvalue weighted by atomic mass is 10.1. The molecule has 0 unspecified atom stereocenters. The molecule has 0 fully saturated rings. The van der Waals surface area contributed by atoms with Crippen molar-refractivity contribution in [2.24, 2.45) is 0 Å². The van der Waals surface area contributed by atoms with Crippen molar-refractivity contribution in [3.63, 3.8) is 0 Å². The van der Waals surface area contributed by atoms with Crippen LogP contribution in [-0.4, -0.2) is 47.3 Å². The predicted octanol–water partition coefficient (Wildman–Crippen LogP) is 3.38. The lowest BCUT2D eigenvalue weighted by Gasteiger charge is -2.13. The van der Waals surface area contributed by atoms with Gasteiger partial charge in [0.15, 0.2) is 22.3 Å². The number of para-hydroxylation sites is 1. The van der Waals surface area contributed by atoms with Crippen molar-refractivity contribution in [2.45, 2.75) is 0 Å². The van der Waals surface area contributed by atoms with Crippen LogP contribution in [-0.2, 0) is 4.79 Å². The van der Waals surface area contributed by atoms with Crippen molar-refractivity contribution in [3.05, 3.63) is 82.8 Å². The predicted molar refractivity (Wildman–Crippen MR) is 141 cm³/mol. The van der Waals surface area contributed by atoms with E-state index in [2.05, 4.69) is 20.7 Å². The molecule has 0 aliphatic heterocycles. The number of methoxy groups -OCH3 is 2. The maximum absolute atomic E-state index is 13.2.